The fourth-order valence-electron chi connectivity index (χ4n) is 22.2. The standard InChI is InChI=1S/4C24H35NO2/c4*1-16-4-7-20(8-5-16)25-23(26)18(3)19-10-12-24(13-11-19)15-27-22-14-17(2)6-9-21(22)24/h4*6,9,14,16,18-20H,4-5,7-8,10-13,15H2,1-3H3,(H,25,26)/t4*16?,18-,19?,20?,24?/m1100/s1. The number of carbonyl (C=O) groups is 4. The smallest absolute Gasteiger partial charge is 0.223 e. The zero-order valence-corrected chi connectivity index (χ0v) is 68.9. The van der Waals surface area contributed by atoms with Crippen molar-refractivity contribution in [2.24, 2.45) is 71.0 Å². The molecule has 592 valence electrons. The molecule has 8 aliphatic carbocycles. The molecule has 4 amide bonds. The molecule has 4 atom stereocenters. The number of nitrogens with one attached hydrogen (secondary N) is 4. The quantitative estimate of drug-likeness (QED) is 0.109. The van der Waals surface area contributed by atoms with Crippen molar-refractivity contribution in [2.75, 3.05) is 26.4 Å². The Bertz CT molecular complexity index is 3200. The lowest BCUT2D eigenvalue weighted by Crippen LogP contribution is -2.43. The van der Waals surface area contributed by atoms with Crippen molar-refractivity contribution in [3.8, 4) is 23.0 Å². The molecule has 8 saturated carbocycles. The fourth-order valence-corrected chi connectivity index (χ4v) is 22.2. The molecule has 0 unspecified atom stereocenters. The van der Waals surface area contributed by atoms with Gasteiger partial charge < -0.3 is 40.2 Å². The zero-order chi connectivity index (χ0) is 76.1. The second kappa shape index (κ2) is 34.9. The summed E-state index contributed by atoms with van der Waals surface area (Å²) in [5, 5.41) is 13.4. The molecule has 12 nitrogen and oxygen atoms in total. The third-order valence-corrected chi connectivity index (χ3v) is 30.7. The number of fused-ring (bicyclic) bond motifs is 8. The molecule has 0 radical (unpaired) electrons. The molecule has 12 aliphatic rings. The fraction of sp³-hybridized carbons (Fsp3) is 0.708. The topological polar surface area (TPSA) is 153 Å². The summed E-state index contributed by atoms with van der Waals surface area (Å²) in [6.45, 7) is 29.6. The van der Waals surface area contributed by atoms with E-state index in [9.17, 15) is 19.2 Å². The first kappa shape index (κ1) is 80.0. The maximum absolute atomic E-state index is 12.8. The van der Waals surface area contributed by atoms with Gasteiger partial charge in [0, 0.05) is 91.8 Å². The highest BCUT2D eigenvalue weighted by Crippen LogP contribution is 2.55. The van der Waals surface area contributed by atoms with Gasteiger partial charge >= 0.3 is 0 Å². The molecule has 0 aromatic heterocycles. The van der Waals surface area contributed by atoms with E-state index in [1.807, 2.05) is 0 Å². The number of hydrogen-bond donors (Lipinski definition) is 4. The van der Waals surface area contributed by atoms with Gasteiger partial charge in [-0.15, -0.1) is 0 Å². The van der Waals surface area contributed by atoms with Crippen LogP contribution < -0.4 is 40.2 Å². The molecule has 4 aliphatic heterocycles. The van der Waals surface area contributed by atoms with Crippen LogP contribution in [0.3, 0.4) is 0 Å². The monoisotopic (exact) mass is 1480 g/mol. The molecule has 4 heterocycles. The molecule has 4 N–H and O–H groups in total. The number of benzene rings is 4. The Labute approximate surface area is 651 Å². The molecule has 0 saturated heterocycles. The van der Waals surface area contributed by atoms with Gasteiger partial charge in [-0.3, -0.25) is 19.2 Å². The van der Waals surface area contributed by atoms with E-state index in [2.05, 4.69) is 177 Å². The van der Waals surface area contributed by atoms with E-state index in [0.717, 1.165) is 227 Å². The number of amides is 4. The Balaban J connectivity index is 0.000000127. The summed E-state index contributed by atoms with van der Waals surface area (Å²) in [6.07, 6.45) is 37.5. The van der Waals surface area contributed by atoms with Gasteiger partial charge in [0.25, 0.3) is 0 Å². The lowest BCUT2D eigenvalue weighted by Gasteiger charge is -2.38. The molecule has 12 heteroatoms. The second-order valence-electron chi connectivity index (χ2n) is 38.6. The van der Waals surface area contributed by atoms with Crippen molar-refractivity contribution < 1.29 is 38.1 Å². The molecule has 8 fully saturated rings. The van der Waals surface area contributed by atoms with Crippen molar-refractivity contribution in [3.05, 3.63) is 117 Å². The van der Waals surface area contributed by atoms with Crippen LogP contribution in [0.15, 0.2) is 72.8 Å². The molecule has 4 aromatic rings. The summed E-state index contributed by atoms with van der Waals surface area (Å²) in [7, 11) is 0. The molecule has 108 heavy (non-hydrogen) atoms. The number of carbonyl (C=O) groups excluding carboxylic acids is 4. The van der Waals surface area contributed by atoms with Crippen molar-refractivity contribution in [2.45, 2.75) is 334 Å². The van der Waals surface area contributed by atoms with Gasteiger partial charge in [0.15, 0.2) is 0 Å². The van der Waals surface area contributed by atoms with Crippen LogP contribution in [0.1, 0.15) is 305 Å². The van der Waals surface area contributed by atoms with Crippen molar-refractivity contribution in [1.82, 2.24) is 21.3 Å². The van der Waals surface area contributed by atoms with E-state index in [4.69, 9.17) is 18.9 Å². The maximum atomic E-state index is 12.8. The summed E-state index contributed by atoms with van der Waals surface area (Å²) < 4.78 is 24.2. The molecule has 4 spiro atoms. The van der Waals surface area contributed by atoms with Gasteiger partial charge in [0.05, 0.1) is 26.4 Å². The lowest BCUT2D eigenvalue weighted by atomic mass is 9.65. The predicted octanol–water partition coefficient (Wildman–Crippen LogP) is 20.6. The maximum Gasteiger partial charge on any atom is 0.223 e. The van der Waals surface area contributed by atoms with Crippen LogP contribution in [-0.4, -0.2) is 74.2 Å². The van der Waals surface area contributed by atoms with Crippen molar-refractivity contribution in [1.29, 1.82) is 0 Å². The minimum atomic E-state index is 0.126. The highest BCUT2D eigenvalue weighted by molar-refractivity contribution is 5.80. The summed E-state index contributed by atoms with van der Waals surface area (Å²) >= 11 is 0. The molecule has 16 rings (SSSR count). The first-order valence-corrected chi connectivity index (χ1v) is 44.0. The van der Waals surface area contributed by atoms with E-state index in [-0.39, 0.29) is 69.0 Å². The third-order valence-electron chi connectivity index (χ3n) is 30.7. The highest BCUT2D eigenvalue weighted by Gasteiger charge is 2.50. The summed E-state index contributed by atoms with van der Waals surface area (Å²) in [6, 6.07) is 28.3. The molecule has 0 bridgehead atoms. The van der Waals surface area contributed by atoms with Gasteiger partial charge in [0.2, 0.25) is 23.6 Å². The first-order valence-electron chi connectivity index (χ1n) is 44.0. The van der Waals surface area contributed by atoms with Crippen LogP contribution in [-0.2, 0) is 40.8 Å². The first-order chi connectivity index (χ1) is 51.9. The molecular formula is C96H140N4O8. The number of ether oxygens (including phenoxy) is 4. The van der Waals surface area contributed by atoms with Crippen molar-refractivity contribution >= 4 is 23.6 Å². The van der Waals surface area contributed by atoms with E-state index in [1.165, 1.54) is 95.9 Å². The van der Waals surface area contributed by atoms with Gasteiger partial charge in [0.1, 0.15) is 23.0 Å². The van der Waals surface area contributed by atoms with Gasteiger partial charge in [-0.1, -0.05) is 104 Å². The van der Waals surface area contributed by atoms with Crippen LogP contribution in [0.4, 0.5) is 0 Å². The minimum Gasteiger partial charge on any atom is -0.492 e. The number of hydrogen-bond acceptors (Lipinski definition) is 8. The zero-order valence-electron chi connectivity index (χ0n) is 68.9. The Morgan fingerprint density at radius 1 is 0.287 bits per heavy atom. The Kier molecular flexibility index (Phi) is 25.9. The Hall–Kier alpha value is -6.04. The highest BCUT2D eigenvalue weighted by atomic mass is 16.5. The third kappa shape index (κ3) is 18.5. The summed E-state index contributed by atoms with van der Waals surface area (Å²) in [5.41, 5.74) is 11.4. The number of rotatable bonds is 12. The van der Waals surface area contributed by atoms with Crippen LogP contribution in [0.5, 0.6) is 23.0 Å². The van der Waals surface area contributed by atoms with E-state index < -0.39 is 0 Å². The van der Waals surface area contributed by atoms with Crippen LogP contribution in [0.25, 0.3) is 0 Å². The van der Waals surface area contributed by atoms with Crippen LogP contribution in [0.2, 0.25) is 0 Å². The largest absolute Gasteiger partial charge is 0.492 e. The van der Waals surface area contributed by atoms with E-state index in [0.29, 0.717) is 47.8 Å². The SMILES string of the molecule is Cc1ccc2c(c1)OCC21CCC([C@@H](C)C(=O)NC2CCC(C)CC2)CC1.Cc1ccc2c(c1)OCC21CCC([C@@H](C)C(=O)NC2CCC(C)CC2)CC1.Cc1ccc2c(c1)OCC21CCC([C@H](C)C(=O)NC2CCC(C)CC2)CC1.Cc1ccc2c(c1)OCC21CCC([C@H](C)C(=O)NC2CCC(C)CC2)CC1. The van der Waals surface area contributed by atoms with Crippen LogP contribution >= 0.6 is 0 Å². The molecule has 4 aromatic carbocycles. The van der Waals surface area contributed by atoms with Gasteiger partial charge in [-0.2, -0.15) is 0 Å². The Morgan fingerprint density at radius 3 is 0.639 bits per heavy atom. The second-order valence-corrected chi connectivity index (χ2v) is 38.6. The van der Waals surface area contributed by atoms with E-state index in [1.54, 1.807) is 0 Å². The summed E-state index contributed by atoms with van der Waals surface area (Å²) in [5.74, 6) is 11.3. The van der Waals surface area contributed by atoms with Gasteiger partial charge in [-0.25, -0.2) is 0 Å². The number of aryl methyl sites for hydroxylation is 4. The average Bonchev–Trinajstić information content (AvgIpc) is 1.63. The Morgan fingerprint density at radius 2 is 0.463 bits per heavy atom. The average molecular weight is 1480 g/mol. The van der Waals surface area contributed by atoms with E-state index >= 15 is 0 Å². The normalized spacial score (nSPS) is 34.0. The lowest BCUT2D eigenvalue weighted by molar-refractivity contribution is -0.128. The van der Waals surface area contributed by atoms with Crippen LogP contribution in [0, 0.1) is 98.7 Å². The summed E-state index contributed by atoms with van der Waals surface area (Å²) in [4.78, 5) is 51.2. The molecular weight excluding hydrogens is 1340 g/mol. The van der Waals surface area contributed by atoms with Gasteiger partial charge in [-0.05, 0) is 327 Å². The van der Waals surface area contributed by atoms with Crippen molar-refractivity contribution in [3.63, 3.8) is 0 Å². The predicted molar refractivity (Wildman–Crippen MR) is 436 cm³/mol. The minimum absolute atomic E-state index is 0.126.